The number of hydrogen-bond acceptors (Lipinski definition) is 4. The highest BCUT2D eigenvalue weighted by Crippen LogP contribution is 2.21. The maximum absolute atomic E-state index is 12.1. The Bertz CT molecular complexity index is 789. The molecule has 0 N–H and O–H groups in total. The van der Waals surface area contributed by atoms with Gasteiger partial charge in [-0.3, -0.25) is 4.79 Å². The van der Waals surface area contributed by atoms with Crippen LogP contribution < -0.4 is 4.90 Å². The molecule has 1 aromatic carbocycles. The van der Waals surface area contributed by atoms with Crippen LogP contribution in [0.2, 0.25) is 0 Å². The third kappa shape index (κ3) is 3.45. The molecule has 5 heteroatoms. The molecular formula is C19H22N4O. The van der Waals surface area contributed by atoms with Gasteiger partial charge in [0, 0.05) is 32.3 Å². The first kappa shape index (κ1) is 16.2. The molecule has 1 aliphatic heterocycles. The van der Waals surface area contributed by atoms with Crippen molar-refractivity contribution in [3.05, 3.63) is 54.3 Å². The minimum Gasteiger partial charge on any atom is -0.352 e. The van der Waals surface area contributed by atoms with Crippen molar-refractivity contribution in [1.29, 1.82) is 0 Å². The van der Waals surface area contributed by atoms with Crippen LogP contribution in [0.15, 0.2) is 48.6 Å². The summed E-state index contributed by atoms with van der Waals surface area (Å²) < 4.78 is 0. The molecule has 0 atom stereocenters. The van der Waals surface area contributed by atoms with Crippen molar-refractivity contribution in [2.75, 3.05) is 31.1 Å². The van der Waals surface area contributed by atoms with Crippen molar-refractivity contribution in [3.63, 3.8) is 0 Å². The zero-order valence-corrected chi connectivity index (χ0v) is 14.1. The second kappa shape index (κ2) is 7.25. The van der Waals surface area contributed by atoms with E-state index >= 15 is 0 Å². The van der Waals surface area contributed by atoms with Crippen LogP contribution in [0.3, 0.4) is 0 Å². The van der Waals surface area contributed by atoms with Crippen LogP contribution in [0.25, 0.3) is 11.0 Å². The number of fused-ring (bicyclic) bond motifs is 1. The third-order valence-electron chi connectivity index (χ3n) is 4.15. The number of nitrogens with zero attached hydrogens (tertiary/aromatic N) is 4. The number of piperazine rings is 1. The van der Waals surface area contributed by atoms with Gasteiger partial charge >= 0.3 is 0 Å². The quantitative estimate of drug-likeness (QED) is 0.644. The molecule has 0 unspecified atom stereocenters. The van der Waals surface area contributed by atoms with Gasteiger partial charge in [0.25, 0.3) is 0 Å². The van der Waals surface area contributed by atoms with E-state index in [1.165, 1.54) is 0 Å². The molecule has 124 valence electrons. The van der Waals surface area contributed by atoms with Crippen LogP contribution in [0, 0.1) is 6.92 Å². The fraction of sp³-hybridized carbons (Fsp3) is 0.316. The van der Waals surface area contributed by atoms with Crippen LogP contribution in [0.1, 0.15) is 12.6 Å². The summed E-state index contributed by atoms with van der Waals surface area (Å²) in [4.78, 5) is 25.6. The molecule has 3 rings (SSSR count). The minimum absolute atomic E-state index is 0.0640. The van der Waals surface area contributed by atoms with E-state index in [1.54, 1.807) is 12.2 Å². The molecule has 0 spiro atoms. The Hall–Kier alpha value is -2.69. The van der Waals surface area contributed by atoms with E-state index in [0.717, 1.165) is 35.6 Å². The van der Waals surface area contributed by atoms with E-state index in [2.05, 4.69) is 9.88 Å². The van der Waals surface area contributed by atoms with Gasteiger partial charge in [-0.1, -0.05) is 30.4 Å². The lowest BCUT2D eigenvalue weighted by molar-refractivity contribution is -0.126. The molecule has 5 nitrogen and oxygen atoms in total. The molecule has 2 aromatic rings. The van der Waals surface area contributed by atoms with Gasteiger partial charge in [-0.05, 0) is 26.0 Å². The van der Waals surface area contributed by atoms with Crippen molar-refractivity contribution in [2.24, 2.45) is 0 Å². The maximum atomic E-state index is 12.1. The second-order valence-corrected chi connectivity index (χ2v) is 5.82. The van der Waals surface area contributed by atoms with Crippen molar-refractivity contribution >= 4 is 22.8 Å². The van der Waals surface area contributed by atoms with Crippen molar-refractivity contribution < 1.29 is 4.79 Å². The normalized spacial score (nSPS) is 15.8. The number of benzene rings is 1. The lowest BCUT2D eigenvalue weighted by Crippen LogP contribution is -2.48. The molecule has 0 aliphatic carbocycles. The predicted octanol–water partition coefficient (Wildman–Crippen LogP) is 2.72. The Morgan fingerprint density at radius 2 is 1.71 bits per heavy atom. The standard InChI is InChI=1S/C19H22N4O/c1-3-4-5-10-18(24)22-11-13-23(14-12-22)19-15(2)20-16-8-6-7-9-17(16)21-19/h3-10H,11-14H2,1-2H3/b4-3+,10-5+. The van der Waals surface area contributed by atoms with Crippen LogP contribution in [0.5, 0.6) is 0 Å². The summed E-state index contributed by atoms with van der Waals surface area (Å²) in [6.45, 7) is 6.88. The van der Waals surface area contributed by atoms with Crippen LogP contribution in [-0.4, -0.2) is 47.0 Å². The number of carbonyl (C=O) groups is 1. The molecule has 1 aliphatic rings. The lowest BCUT2D eigenvalue weighted by atomic mass is 10.2. The van der Waals surface area contributed by atoms with Gasteiger partial charge in [-0.15, -0.1) is 0 Å². The number of carbonyl (C=O) groups excluding carboxylic acids is 1. The molecular weight excluding hydrogens is 300 g/mol. The van der Waals surface area contributed by atoms with Gasteiger partial charge in [0.1, 0.15) is 0 Å². The van der Waals surface area contributed by atoms with Crippen molar-refractivity contribution in [3.8, 4) is 0 Å². The van der Waals surface area contributed by atoms with E-state index in [9.17, 15) is 4.79 Å². The summed E-state index contributed by atoms with van der Waals surface area (Å²) in [5.74, 6) is 0.985. The van der Waals surface area contributed by atoms with Gasteiger partial charge in [0.15, 0.2) is 5.82 Å². The van der Waals surface area contributed by atoms with Crippen LogP contribution in [-0.2, 0) is 4.79 Å². The fourth-order valence-corrected chi connectivity index (χ4v) is 2.87. The molecule has 1 saturated heterocycles. The summed E-state index contributed by atoms with van der Waals surface area (Å²) >= 11 is 0. The van der Waals surface area contributed by atoms with Gasteiger partial charge in [0.05, 0.1) is 16.7 Å². The summed E-state index contributed by atoms with van der Waals surface area (Å²) in [5, 5.41) is 0. The smallest absolute Gasteiger partial charge is 0.246 e. The third-order valence-corrected chi connectivity index (χ3v) is 4.15. The van der Waals surface area contributed by atoms with E-state index in [-0.39, 0.29) is 5.91 Å². The number of amides is 1. The van der Waals surface area contributed by atoms with Crippen LogP contribution >= 0.6 is 0 Å². The van der Waals surface area contributed by atoms with E-state index in [0.29, 0.717) is 13.1 Å². The van der Waals surface area contributed by atoms with Gasteiger partial charge in [-0.25, -0.2) is 9.97 Å². The van der Waals surface area contributed by atoms with Gasteiger partial charge < -0.3 is 9.80 Å². The monoisotopic (exact) mass is 322 g/mol. The zero-order valence-electron chi connectivity index (χ0n) is 14.1. The molecule has 24 heavy (non-hydrogen) atoms. The highest BCUT2D eigenvalue weighted by Gasteiger charge is 2.22. The molecule has 1 aromatic heterocycles. The van der Waals surface area contributed by atoms with E-state index in [4.69, 9.17) is 4.98 Å². The Morgan fingerprint density at radius 1 is 1.04 bits per heavy atom. The summed E-state index contributed by atoms with van der Waals surface area (Å²) in [6.07, 6.45) is 7.18. The van der Waals surface area contributed by atoms with Gasteiger partial charge in [-0.2, -0.15) is 0 Å². The van der Waals surface area contributed by atoms with Crippen molar-refractivity contribution in [1.82, 2.24) is 14.9 Å². The summed E-state index contributed by atoms with van der Waals surface area (Å²) in [7, 11) is 0. The van der Waals surface area contributed by atoms with E-state index in [1.807, 2.05) is 55.2 Å². The highest BCUT2D eigenvalue weighted by molar-refractivity contribution is 5.88. The zero-order chi connectivity index (χ0) is 16.9. The molecule has 0 bridgehead atoms. The number of rotatable bonds is 3. The molecule has 0 saturated carbocycles. The number of anilines is 1. The largest absolute Gasteiger partial charge is 0.352 e. The first-order chi connectivity index (χ1) is 11.7. The molecule has 1 amide bonds. The maximum Gasteiger partial charge on any atom is 0.246 e. The number of aryl methyl sites for hydroxylation is 1. The minimum atomic E-state index is 0.0640. The fourth-order valence-electron chi connectivity index (χ4n) is 2.87. The van der Waals surface area contributed by atoms with E-state index < -0.39 is 0 Å². The second-order valence-electron chi connectivity index (χ2n) is 5.82. The first-order valence-electron chi connectivity index (χ1n) is 8.25. The summed E-state index contributed by atoms with van der Waals surface area (Å²) in [5.41, 5.74) is 2.76. The predicted molar refractivity (Wildman–Crippen MR) is 97.0 cm³/mol. The molecule has 1 fully saturated rings. The number of para-hydroxylation sites is 2. The highest BCUT2D eigenvalue weighted by atomic mass is 16.2. The van der Waals surface area contributed by atoms with Crippen molar-refractivity contribution in [2.45, 2.75) is 13.8 Å². The molecule has 2 heterocycles. The average molecular weight is 322 g/mol. The Labute approximate surface area is 142 Å². The molecule has 0 radical (unpaired) electrons. The number of allylic oxidation sites excluding steroid dienone is 3. The number of aromatic nitrogens is 2. The van der Waals surface area contributed by atoms with Gasteiger partial charge in [0.2, 0.25) is 5.91 Å². The topological polar surface area (TPSA) is 49.3 Å². The Balaban J connectivity index is 1.70. The number of hydrogen-bond donors (Lipinski definition) is 0. The lowest BCUT2D eigenvalue weighted by Gasteiger charge is -2.35. The average Bonchev–Trinajstić information content (AvgIpc) is 2.61. The van der Waals surface area contributed by atoms with Crippen LogP contribution in [0.4, 0.5) is 5.82 Å². The SMILES string of the molecule is C/C=C/C=C/C(=O)N1CCN(c2nc3ccccc3nc2C)CC1. The Kier molecular flexibility index (Phi) is 4.89. The Morgan fingerprint density at radius 3 is 2.38 bits per heavy atom. The summed E-state index contributed by atoms with van der Waals surface area (Å²) in [6, 6.07) is 7.91. The first-order valence-corrected chi connectivity index (χ1v) is 8.25.